The summed E-state index contributed by atoms with van der Waals surface area (Å²) in [4.78, 5) is 13.6. The summed E-state index contributed by atoms with van der Waals surface area (Å²) >= 11 is 0. The Labute approximate surface area is 189 Å². The Balaban J connectivity index is 1.62. The van der Waals surface area contributed by atoms with Crippen LogP contribution in [0.15, 0.2) is 65.6 Å². The Morgan fingerprint density at radius 2 is 1.64 bits per heavy atom. The standard InChI is InChI=1S/C22H21FN6O3S/c23-16-5-3-15(4-6-16)18-9-10-19-20(27-18)21(25-11-12-30)29-22(28-19)26-13-14-1-7-17(8-2-14)33(24,31)32/h1-10,30H,11-13H2,(H2,24,31,32)(H2,25,26,28,29). The Morgan fingerprint density at radius 1 is 0.909 bits per heavy atom. The van der Waals surface area contributed by atoms with E-state index in [2.05, 4.69) is 25.6 Å². The van der Waals surface area contributed by atoms with Gasteiger partial charge in [-0.1, -0.05) is 12.1 Å². The molecule has 0 fully saturated rings. The van der Waals surface area contributed by atoms with Gasteiger partial charge in [-0.05, 0) is 54.1 Å². The molecule has 2 aromatic carbocycles. The van der Waals surface area contributed by atoms with Crippen LogP contribution in [0.25, 0.3) is 22.3 Å². The summed E-state index contributed by atoms with van der Waals surface area (Å²) in [6.45, 7) is 0.516. The Morgan fingerprint density at radius 3 is 2.30 bits per heavy atom. The molecule has 4 rings (SSSR count). The highest BCUT2D eigenvalue weighted by Gasteiger charge is 2.12. The van der Waals surface area contributed by atoms with Crippen LogP contribution in [0.2, 0.25) is 0 Å². The molecule has 0 amide bonds. The van der Waals surface area contributed by atoms with Crippen molar-refractivity contribution in [3.05, 3.63) is 72.0 Å². The molecule has 0 aliphatic heterocycles. The molecule has 0 bridgehead atoms. The second-order valence-corrected chi connectivity index (χ2v) is 8.72. The van der Waals surface area contributed by atoms with Gasteiger partial charge in [0, 0.05) is 18.7 Å². The van der Waals surface area contributed by atoms with E-state index >= 15 is 0 Å². The van der Waals surface area contributed by atoms with E-state index in [4.69, 9.17) is 5.14 Å². The fourth-order valence-corrected chi connectivity index (χ4v) is 3.67. The van der Waals surface area contributed by atoms with Crippen molar-refractivity contribution in [1.82, 2.24) is 15.0 Å². The highest BCUT2D eigenvalue weighted by atomic mass is 32.2. The molecule has 0 radical (unpaired) electrons. The molecule has 5 N–H and O–H groups in total. The van der Waals surface area contributed by atoms with Crippen LogP contribution >= 0.6 is 0 Å². The van der Waals surface area contributed by atoms with Crippen molar-refractivity contribution >= 4 is 32.8 Å². The van der Waals surface area contributed by atoms with Crippen molar-refractivity contribution in [2.45, 2.75) is 11.4 Å². The number of fused-ring (bicyclic) bond motifs is 1. The van der Waals surface area contributed by atoms with E-state index in [-0.39, 0.29) is 23.9 Å². The number of hydrogen-bond acceptors (Lipinski definition) is 8. The molecule has 9 nitrogen and oxygen atoms in total. The van der Waals surface area contributed by atoms with Crippen LogP contribution in [0.4, 0.5) is 16.2 Å². The maximum atomic E-state index is 13.3. The molecule has 0 saturated carbocycles. The number of primary sulfonamides is 1. The highest BCUT2D eigenvalue weighted by molar-refractivity contribution is 7.89. The maximum absolute atomic E-state index is 13.3. The van der Waals surface area contributed by atoms with E-state index < -0.39 is 10.0 Å². The van der Waals surface area contributed by atoms with Crippen LogP contribution in [0.1, 0.15) is 5.56 Å². The summed E-state index contributed by atoms with van der Waals surface area (Å²) in [6.07, 6.45) is 0. The summed E-state index contributed by atoms with van der Waals surface area (Å²) in [6, 6.07) is 15.8. The molecule has 0 unspecified atom stereocenters. The van der Waals surface area contributed by atoms with Crippen LogP contribution in [0.3, 0.4) is 0 Å². The van der Waals surface area contributed by atoms with Crippen molar-refractivity contribution < 1.29 is 17.9 Å². The summed E-state index contributed by atoms with van der Waals surface area (Å²) in [5, 5.41) is 20.5. The van der Waals surface area contributed by atoms with Gasteiger partial charge in [0.15, 0.2) is 5.82 Å². The van der Waals surface area contributed by atoms with E-state index in [1.54, 1.807) is 36.4 Å². The molecular weight excluding hydrogens is 447 g/mol. The lowest BCUT2D eigenvalue weighted by molar-refractivity contribution is 0.311. The first kappa shape index (κ1) is 22.5. The predicted molar refractivity (Wildman–Crippen MR) is 123 cm³/mol. The van der Waals surface area contributed by atoms with Crippen LogP contribution in [0.5, 0.6) is 0 Å². The molecule has 33 heavy (non-hydrogen) atoms. The zero-order chi connectivity index (χ0) is 23.4. The van der Waals surface area contributed by atoms with E-state index in [9.17, 15) is 17.9 Å². The summed E-state index contributed by atoms with van der Waals surface area (Å²) in [5.41, 5.74) is 3.27. The molecule has 0 aliphatic rings. The quantitative estimate of drug-likeness (QED) is 0.309. The molecule has 2 aromatic heterocycles. The number of aliphatic hydroxyl groups is 1. The lowest BCUT2D eigenvalue weighted by atomic mass is 10.1. The molecule has 2 heterocycles. The zero-order valence-corrected chi connectivity index (χ0v) is 18.2. The van der Waals surface area contributed by atoms with Gasteiger partial charge in [0.25, 0.3) is 0 Å². The number of nitrogens with one attached hydrogen (secondary N) is 2. The van der Waals surface area contributed by atoms with Gasteiger partial charge in [-0.15, -0.1) is 0 Å². The van der Waals surface area contributed by atoms with Gasteiger partial charge in [-0.2, -0.15) is 4.98 Å². The second-order valence-electron chi connectivity index (χ2n) is 7.16. The van der Waals surface area contributed by atoms with Crippen LogP contribution in [-0.2, 0) is 16.6 Å². The Bertz CT molecular complexity index is 1380. The SMILES string of the molecule is NS(=O)(=O)c1ccc(CNc2nc(NCCO)c3nc(-c4ccc(F)cc4)ccc3n2)cc1. The number of nitrogens with two attached hydrogens (primary N) is 1. The third-order valence-corrected chi connectivity index (χ3v) is 5.72. The molecule has 4 aromatic rings. The normalized spacial score (nSPS) is 11.5. The lowest BCUT2D eigenvalue weighted by Gasteiger charge is -2.12. The Hall–Kier alpha value is -3.67. The van der Waals surface area contributed by atoms with Gasteiger partial charge in [0.05, 0.1) is 22.7 Å². The van der Waals surface area contributed by atoms with Crippen molar-refractivity contribution in [2.75, 3.05) is 23.8 Å². The fraction of sp³-hybridized carbons (Fsp3) is 0.136. The summed E-state index contributed by atoms with van der Waals surface area (Å²) in [7, 11) is -3.75. The number of nitrogens with zero attached hydrogens (tertiary/aromatic N) is 3. The minimum Gasteiger partial charge on any atom is -0.395 e. The summed E-state index contributed by atoms with van der Waals surface area (Å²) < 4.78 is 36.0. The number of pyridine rings is 1. The van der Waals surface area contributed by atoms with Crippen LogP contribution < -0.4 is 15.8 Å². The lowest BCUT2D eigenvalue weighted by Crippen LogP contribution is -2.12. The fourth-order valence-electron chi connectivity index (χ4n) is 3.15. The first-order valence-electron chi connectivity index (χ1n) is 9.98. The number of benzene rings is 2. The van der Waals surface area contributed by atoms with Crippen molar-refractivity contribution in [1.29, 1.82) is 0 Å². The first-order valence-corrected chi connectivity index (χ1v) is 11.5. The number of aliphatic hydroxyl groups excluding tert-OH is 1. The highest BCUT2D eigenvalue weighted by Crippen LogP contribution is 2.25. The molecule has 11 heteroatoms. The average Bonchev–Trinajstić information content (AvgIpc) is 2.81. The minimum atomic E-state index is -3.75. The number of hydrogen-bond donors (Lipinski definition) is 4. The van der Waals surface area contributed by atoms with E-state index in [1.807, 2.05) is 0 Å². The number of halogens is 1. The molecule has 0 aliphatic carbocycles. The molecule has 0 atom stereocenters. The van der Waals surface area contributed by atoms with Crippen LogP contribution in [-0.4, -0.2) is 41.6 Å². The topological polar surface area (TPSA) is 143 Å². The Kier molecular flexibility index (Phi) is 6.45. The third-order valence-electron chi connectivity index (χ3n) is 4.79. The third kappa shape index (κ3) is 5.40. The predicted octanol–water partition coefficient (Wildman–Crippen LogP) is 2.49. The van der Waals surface area contributed by atoms with Gasteiger partial charge in [-0.25, -0.2) is 27.9 Å². The zero-order valence-electron chi connectivity index (χ0n) is 17.4. The molecule has 170 valence electrons. The molecule has 0 saturated heterocycles. The number of anilines is 2. The second kappa shape index (κ2) is 9.45. The van der Waals surface area contributed by atoms with Crippen molar-refractivity contribution in [2.24, 2.45) is 5.14 Å². The number of aromatic nitrogens is 3. The molecule has 0 spiro atoms. The van der Waals surface area contributed by atoms with Gasteiger partial charge in [0.2, 0.25) is 16.0 Å². The average molecular weight is 469 g/mol. The van der Waals surface area contributed by atoms with Gasteiger partial charge < -0.3 is 15.7 Å². The van der Waals surface area contributed by atoms with Crippen molar-refractivity contribution in [3.8, 4) is 11.3 Å². The smallest absolute Gasteiger partial charge is 0.238 e. The summed E-state index contributed by atoms with van der Waals surface area (Å²) in [5.74, 6) is 0.433. The van der Waals surface area contributed by atoms with Gasteiger partial charge >= 0.3 is 0 Å². The van der Waals surface area contributed by atoms with Gasteiger partial charge in [0.1, 0.15) is 11.3 Å². The van der Waals surface area contributed by atoms with Crippen molar-refractivity contribution in [3.63, 3.8) is 0 Å². The largest absolute Gasteiger partial charge is 0.395 e. The molecular formula is C22H21FN6O3S. The van der Waals surface area contributed by atoms with E-state index in [0.29, 0.717) is 35.0 Å². The van der Waals surface area contributed by atoms with E-state index in [1.165, 1.54) is 24.3 Å². The maximum Gasteiger partial charge on any atom is 0.238 e. The van der Waals surface area contributed by atoms with Gasteiger partial charge in [-0.3, -0.25) is 0 Å². The monoisotopic (exact) mass is 468 g/mol. The van der Waals surface area contributed by atoms with E-state index in [0.717, 1.165) is 11.1 Å². The number of rotatable bonds is 8. The van der Waals surface area contributed by atoms with Crippen LogP contribution in [0, 0.1) is 5.82 Å². The minimum absolute atomic E-state index is 0.0340. The first-order chi connectivity index (χ1) is 15.8. The number of sulfonamides is 1.